The number of halogens is 2. The van der Waals surface area contributed by atoms with Crippen molar-refractivity contribution in [1.29, 1.82) is 0 Å². The summed E-state index contributed by atoms with van der Waals surface area (Å²) in [5.74, 6) is -0.300. The lowest BCUT2D eigenvalue weighted by Gasteiger charge is -2.23. The first kappa shape index (κ1) is 14.8. The third-order valence-electron chi connectivity index (χ3n) is 2.87. The summed E-state index contributed by atoms with van der Waals surface area (Å²) >= 11 is 4.09. The van der Waals surface area contributed by atoms with E-state index in [2.05, 4.69) is 33.2 Å². The predicted octanol–water partition coefficient (Wildman–Crippen LogP) is 1.61. The van der Waals surface area contributed by atoms with E-state index in [4.69, 9.17) is 0 Å². The first-order valence-electron chi connectivity index (χ1n) is 5.73. The summed E-state index contributed by atoms with van der Waals surface area (Å²) in [6.07, 6.45) is 1.04. The normalized spacial score (nSPS) is 18.8. The number of amides is 2. The Kier molecular flexibility index (Phi) is 4.87. The standard InChI is InChI=1S/C12H12I2N2O3/c13-6-3-8(11(18)9(14)4-6)12(19)16-7-1-2-10(17)15-5-7/h3-4,7,18H,1-2,5H2,(H,15,17)(H,16,19). The topological polar surface area (TPSA) is 78.4 Å². The van der Waals surface area contributed by atoms with Crippen LogP contribution in [0.4, 0.5) is 0 Å². The van der Waals surface area contributed by atoms with Gasteiger partial charge in [0, 0.05) is 22.6 Å². The Morgan fingerprint density at radius 1 is 1.42 bits per heavy atom. The van der Waals surface area contributed by atoms with E-state index >= 15 is 0 Å². The lowest BCUT2D eigenvalue weighted by atomic mass is 10.1. The number of aromatic hydroxyl groups is 1. The Balaban J connectivity index is 2.10. The number of benzene rings is 1. The smallest absolute Gasteiger partial charge is 0.255 e. The summed E-state index contributed by atoms with van der Waals surface area (Å²) in [7, 11) is 0. The first-order chi connectivity index (χ1) is 8.97. The molecule has 1 aromatic rings. The monoisotopic (exact) mass is 486 g/mol. The molecular formula is C12H12I2N2O3. The van der Waals surface area contributed by atoms with Crippen LogP contribution < -0.4 is 10.6 Å². The van der Waals surface area contributed by atoms with Crippen molar-refractivity contribution in [3.63, 3.8) is 0 Å². The Hall–Kier alpha value is -0.580. The van der Waals surface area contributed by atoms with Crippen LogP contribution >= 0.6 is 45.2 Å². The van der Waals surface area contributed by atoms with Crippen LogP contribution in [0.1, 0.15) is 23.2 Å². The molecule has 1 aliphatic rings. The highest BCUT2D eigenvalue weighted by Crippen LogP contribution is 2.27. The maximum atomic E-state index is 12.1. The van der Waals surface area contributed by atoms with Crippen LogP contribution in [-0.4, -0.2) is 29.5 Å². The van der Waals surface area contributed by atoms with E-state index in [1.807, 2.05) is 22.6 Å². The molecule has 0 bridgehead atoms. The predicted molar refractivity (Wildman–Crippen MR) is 87.0 cm³/mol. The molecule has 1 saturated heterocycles. The number of rotatable bonds is 2. The first-order valence-corrected chi connectivity index (χ1v) is 7.88. The number of hydrogen-bond acceptors (Lipinski definition) is 3. The molecule has 1 fully saturated rings. The van der Waals surface area contributed by atoms with Crippen molar-refractivity contribution in [2.45, 2.75) is 18.9 Å². The van der Waals surface area contributed by atoms with Gasteiger partial charge in [0.15, 0.2) is 0 Å². The van der Waals surface area contributed by atoms with E-state index in [9.17, 15) is 14.7 Å². The fourth-order valence-electron chi connectivity index (χ4n) is 1.86. The van der Waals surface area contributed by atoms with Crippen LogP contribution in [0.25, 0.3) is 0 Å². The molecule has 5 nitrogen and oxygen atoms in total. The average Bonchev–Trinajstić information content (AvgIpc) is 2.36. The number of nitrogens with one attached hydrogen (secondary N) is 2. The Morgan fingerprint density at radius 3 is 2.79 bits per heavy atom. The second-order valence-electron chi connectivity index (χ2n) is 4.30. The molecule has 19 heavy (non-hydrogen) atoms. The van der Waals surface area contributed by atoms with Crippen LogP contribution in [-0.2, 0) is 4.79 Å². The van der Waals surface area contributed by atoms with Gasteiger partial charge in [-0.05, 0) is 63.7 Å². The quantitative estimate of drug-likeness (QED) is 0.557. The highest BCUT2D eigenvalue weighted by atomic mass is 127. The third-order valence-corrected chi connectivity index (χ3v) is 4.32. The van der Waals surface area contributed by atoms with Gasteiger partial charge in [-0.1, -0.05) is 0 Å². The van der Waals surface area contributed by atoms with Crippen molar-refractivity contribution in [2.24, 2.45) is 0 Å². The zero-order valence-electron chi connectivity index (χ0n) is 9.87. The minimum Gasteiger partial charge on any atom is -0.506 e. The minimum atomic E-state index is -0.310. The molecule has 1 unspecified atom stereocenters. The van der Waals surface area contributed by atoms with Gasteiger partial charge in [0.25, 0.3) is 5.91 Å². The second kappa shape index (κ2) is 6.25. The molecule has 2 rings (SSSR count). The summed E-state index contributed by atoms with van der Waals surface area (Å²) in [4.78, 5) is 23.2. The van der Waals surface area contributed by atoms with Gasteiger partial charge in [0.05, 0.1) is 9.13 Å². The molecule has 1 atom stereocenters. The SMILES string of the molecule is O=C1CCC(NC(=O)c2cc(I)cc(I)c2O)CN1. The zero-order valence-corrected chi connectivity index (χ0v) is 14.2. The number of carbonyl (C=O) groups excluding carboxylic acids is 2. The maximum absolute atomic E-state index is 12.1. The van der Waals surface area contributed by atoms with Crippen LogP contribution in [0.3, 0.4) is 0 Å². The highest BCUT2D eigenvalue weighted by molar-refractivity contribution is 14.1. The van der Waals surface area contributed by atoms with E-state index < -0.39 is 0 Å². The fraction of sp³-hybridized carbons (Fsp3) is 0.333. The van der Waals surface area contributed by atoms with Gasteiger partial charge in [0.1, 0.15) is 5.75 Å². The lowest BCUT2D eigenvalue weighted by molar-refractivity contribution is -0.122. The van der Waals surface area contributed by atoms with E-state index in [1.54, 1.807) is 12.1 Å². The van der Waals surface area contributed by atoms with Crippen LogP contribution in [0.5, 0.6) is 5.75 Å². The molecule has 7 heteroatoms. The largest absolute Gasteiger partial charge is 0.506 e. The van der Waals surface area contributed by atoms with Gasteiger partial charge in [-0.2, -0.15) is 0 Å². The summed E-state index contributed by atoms with van der Waals surface area (Å²) in [6.45, 7) is 0.437. The van der Waals surface area contributed by atoms with Crippen molar-refractivity contribution in [3.8, 4) is 5.75 Å². The number of phenols is 1. The molecule has 0 aliphatic carbocycles. The van der Waals surface area contributed by atoms with Gasteiger partial charge in [0.2, 0.25) is 5.91 Å². The van der Waals surface area contributed by atoms with Crippen LogP contribution in [0.2, 0.25) is 0 Å². The molecule has 1 aliphatic heterocycles. The zero-order chi connectivity index (χ0) is 14.0. The van der Waals surface area contributed by atoms with Gasteiger partial charge >= 0.3 is 0 Å². The summed E-state index contributed by atoms with van der Waals surface area (Å²) < 4.78 is 1.54. The summed E-state index contributed by atoms with van der Waals surface area (Å²) in [6, 6.07) is 3.36. The number of hydrogen-bond donors (Lipinski definition) is 3. The number of piperidine rings is 1. The van der Waals surface area contributed by atoms with Crippen LogP contribution in [0.15, 0.2) is 12.1 Å². The van der Waals surface area contributed by atoms with Crippen LogP contribution in [0, 0.1) is 7.14 Å². The Labute approximate surface area is 137 Å². The molecule has 0 radical (unpaired) electrons. The Morgan fingerprint density at radius 2 is 2.16 bits per heavy atom. The van der Waals surface area contributed by atoms with E-state index in [-0.39, 0.29) is 29.2 Å². The summed E-state index contributed by atoms with van der Waals surface area (Å²) in [5, 5.41) is 15.5. The highest BCUT2D eigenvalue weighted by Gasteiger charge is 2.22. The lowest BCUT2D eigenvalue weighted by Crippen LogP contribution is -2.47. The molecule has 0 aromatic heterocycles. The van der Waals surface area contributed by atoms with Crippen molar-refractivity contribution < 1.29 is 14.7 Å². The number of phenolic OH excluding ortho intramolecular Hbond substituents is 1. The van der Waals surface area contributed by atoms with Gasteiger partial charge < -0.3 is 15.7 Å². The molecule has 0 spiro atoms. The van der Waals surface area contributed by atoms with E-state index in [0.717, 1.165) is 3.57 Å². The molecule has 1 heterocycles. The molecule has 102 valence electrons. The minimum absolute atomic E-state index is 0.00152. The molecule has 3 N–H and O–H groups in total. The second-order valence-corrected chi connectivity index (χ2v) is 6.70. The van der Waals surface area contributed by atoms with Gasteiger partial charge in [-0.15, -0.1) is 0 Å². The van der Waals surface area contributed by atoms with Gasteiger partial charge in [-0.3, -0.25) is 9.59 Å². The fourth-order valence-corrected chi connectivity index (χ4v) is 3.70. The van der Waals surface area contributed by atoms with Crippen molar-refractivity contribution in [1.82, 2.24) is 10.6 Å². The number of carbonyl (C=O) groups is 2. The van der Waals surface area contributed by atoms with Crippen molar-refractivity contribution in [3.05, 3.63) is 24.8 Å². The molecular weight excluding hydrogens is 474 g/mol. The van der Waals surface area contributed by atoms with Crippen molar-refractivity contribution >= 4 is 57.0 Å². The molecule has 2 amide bonds. The van der Waals surface area contributed by atoms with Gasteiger partial charge in [-0.25, -0.2) is 0 Å². The third kappa shape index (κ3) is 3.71. The van der Waals surface area contributed by atoms with E-state index in [0.29, 0.717) is 23.0 Å². The van der Waals surface area contributed by atoms with Crippen molar-refractivity contribution in [2.75, 3.05) is 6.54 Å². The molecule has 0 saturated carbocycles. The molecule has 1 aromatic carbocycles. The Bertz CT molecular complexity index is 524. The van der Waals surface area contributed by atoms with E-state index in [1.165, 1.54) is 0 Å². The maximum Gasteiger partial charge on any atom is 0.255 e. The average molecular weight is 486 g/mol. The summed E-state index contributed by atoms with van der Waals surface area (Å²) in [5.41, 5.74) is 0.271.